The fraction of sp³-hybridized carbons (Fsp3) is 0.0909. The minimum atomic E-state index is -0.122. The van der Waals surface area contributed by atoms with Crippen LogP contribution in [-0.4, -0.2) is 7.11 Å². The minimum Gasteiger partial charge on any atom is -0.495 e. The molecule has 0 amide bonds. The number of rotatable bonds is 4. The molecular weight excluding hydrogens is 294 g/mol. The molecule has 0 aliphatic rings. The predicted molar refractivity (Wildman–Crippen MR) is 99.1 cm³/mol. The van der Waals surface area contributed by atoms with Crippen molar-refractivity contribution in [2.75, 3.05) is 12.4 Å². The molecule has 1 unspecified atom stereocenters. The molecule has 2 nitrogen and oxygen atoms in total. The SMILES string of the molecule is COc1ccccc1NC(C#Cc1ccccc1)c1ccccc1. The fourth-order valence-corrected chi connectivity index (χ4v) is 2.44. The Bertz CT molecular complexity index is 832. The van der Waals surface area contributed by atoms with Gasteiger partial charge in [-0.2, -0.15) is 0 Å². The Morgan fingerprint density at radius 1 is 0.792 bits per heavy atom. The lowest BCUT2D eigenvalue weighted by Gasteiger charge is -2.17. The van der Waals surface area contributed by atoms with Crippen molar-refractivity contribution in [2.45, 2.75) is 6.04 Å². The van der Waals surface area contributed by atoms with Crippen molar-refractivity contribution < 1.29 is 4.74 Å². The molecule has 3 rings (SSSR count). The summed E-state index contributed by atoms with van der Waals surface area (Å²) < 4.78 is 5.43. The third kappa shape index (κ3) is 3.97. The highest BCUT2D eigenvalue weighted by Gasteiger charge is 2.10. The third-order valence-electron chi connectivity index (χ3n) is 3.67. The van der Waals surface area contributed by atoms with Gasteiger partial charge in [0.2, 0.25) is 0 Å². The summed E-state index contributed by atoms with van der Waals surface area (Å²) in [7, 11) is 1.67. The van der Waals surface area contributed by atoms with Gasteiger partial charge in [-0.15, -0.1) is 0 Å². The summed E-state index contributed by atoms with van der Waals surface area (Å²) in [6.45, 7) is 0. The maximum absolute atomic E-state index is 5.43. The lowest BCUT2D eigenvalue weighted by Crippen LogP contribution is -2.09. The molecule has 0 heterocycles. The minimum absolute atomic E-state index is 0.122. The summed E-state index contributed by atoms with van der Waals surface area (Å²) in [5.41, 5.74) is 3.04. The highest BCUT2D eigenvalue weighted by molar-refractivity contribution is 5.59. The second-order valence-electron chi connectivity index (χ2n) is 5.32. The Morgan fingerprint density at radius 3 is 2.12 bits per heavy atom. The Kier molecular flexibility index (Phi) is 5.17. The molecule has 118 valence electrons. The monoisotopic (exact) mass is 313 g/mol. The van der Waals surface area contributed by atoms with E-state index in [1.54, 1.807) is 7.11 Å². The molecule has 2 heteroatoms. The molecule has 1 N–H and O–H groups in total. The maximum Gasteiger partial charge on any atom is 0.141 e. The van der Waals surface area contributed by atoms with Crippen LogP contribution in [0.2, 0.25) is 0 Å². The molecule has 0 aromatic heterocycles. The van der Waals surface area contributed by atoms with Gasteiger partial charge in [-0.05, 0) is 29.8 Å². The van der Waals surface area contributed by atoms with E-state index in [9.17, 15) is 0 Å². The van der Waals surface area contributed by atoms with Crippen LogP contribution < -0.4 is 10.1 Å². The van der Waals surface area contributed by atoms with Gasteiger partial charge in [-0.3, -0.25) is 0 Å². The number of benzene rings is 3. The van der Waals surface area contributed by atoms with E-state index in [-0.39, 0.29) is 6.04 Å². The first-order valence-electron chi connectivity index (χ1n) is 7.88. The predicted octanol–water partition coefficient (Wildman–Crippen LogP) is 4.90. The van der Waals surface area contributed by atoms with E-state index in [1.165, 1.54) is 0 Å². The Balaban J connectivity index is 1.93. The number of hydrogen-bond donors (Lipinski definition) is 1. The van der Waals surface area contributed by atoms with E-state index in [4.69, 9.17) is 4.74 Å². The smallest absolute Gasteiger partial charge is 0.141 e. The van der Waals surface area contributed by atoms with Crippen LogP contribution in [0.15, 0.2) is 84.9 Å². The van der Waals surface area contributed by atoms with E-state index in [2.05, 4.69) is 29.3 Å². The summed E-state index contributed by atoms with van der Waals surface area (Å²) in [6, 6.07) is 28.0. The average molecular weight is 313 g/mol. The first kappa shape index (κ1) is 15.7. The molecule has 0 radical (unpaired) electrons. The fourth-order valence-electron chi connectivity index (χ4n) is 2.44. The van der Waals surface area contributed by atoms with Gasteiger partial charge in [0, 0.05) is 5.56 Å². The van der Waals surface area contributed by atoms with Crippen molar-refractivity contribution >= 4 is 5.69 Å². The molecule has 0 saturated carbocycles. The van der Waals surface area contributed by atoms with Crippen LogP contribution in [0.4, 0.5) is 5.69 Å². The van der Waals surface area contributed by atoms with Crippen molar-refractivity contribution in [3.63, 3.8) is 0 Å². The molecular formula is C22H19NO. The van der Waals surface area contributed by atoms with E-state index in [0.29, 0.717) is 0 Å². The Labute approximate surface area is 143 Å². The van der Waals surface area contributed by atoms with Gasteiger partial charge in [-0.1, -0.05) is 72.5 Å². The van der Waals surface area contributed by atoms with Crippen LogP contribution in [0, 0.1) is 11.8 Å². The molecule has 0 aliphatic heterocycles. The number of nitrogens with one attached hydrogen (secondary N) is 1. The van der Waals surface area contributed by atoms with Gasteiger partial charge in [0.05, 0.1) is 12.8 Å². The van der Waals surface area contributed by atoms with Crippen molar-refractivity contribution in [1.29, 1.82) is 0 Å². The van der Waals surface area contributed by atoms with Crippen LogP contribution in [0.5, 0.6) is 5.75 Å². The Hall–Kier alpha value is -3.18. The van der Waals surface area contributed by atoms with Crippen LogP contribution >= 0.6 is 0 Å². The van der Waals surface area contributed by atoms with Crippen molar-refractivity contribution in [2.24, 2.45) is 0 Å². The van der Waals surface area contributed by atoms with E-state index in [0.717, 1.165) is 22.6 Å². The first-order valence-corrected chi connectivity index (χ1v) is 7.88. The Morgan fingerprint density at radius 2 is 1.42 bits per heavy atom. The number of hydrogen-bond acceptors (Lipinski definition) is 2. The molecule has 0 saturated heterocycles. The van der Waals surface area contributed by atoms with Crippen LogP contribution in [0.1, 0.15) is 17.2 Å². The van der Waals surface area contributed by atoms with Crippen molar-refractivity contribution in [1.82, 2.24) is 0 Å². The average Bonchev–Trinajstić information content (AvgIpc) is 2.67. The van der Waals surface area contributed by atoms with Crippen molar-refractivity contribution in [3.8, 4) is 17.6 Å². The first-order chi connectivity index (χ1) is 11.9. The second kappa shape index (κ2) is 7.89. The number of ether oxygens (including phenoxy) is 1. The maximum atomic E-state index is 5.43. The zero-order valence-corrected chi connectivity index (χ0v) is 13.6. The quantitative estimate of drug-likeness (QED) is 0.692. The highest BCUT2D eigenvalue weighted by atomic mass is 16.5. The normalized spacial score (nSPS) is 11.0. The van der Waals surface area contributed by atoms with Gasteiger partial charge < -0.3 is 10.1 Å². The molecule has 0 aliphatic carbocycles. The zero-order valence-electron chi connectivity index (χ0n) is 13.6. The standard InChI is InChI=1S/C22H19NO/c1-24-22-15-9-8-14-21(22)23-20(19-12-6-3-7-13-19)17-16-18-10-4-2-5-11-18/h2-15,20,23H,1H3. The molecule has 0 fully saturated rings. The van der Waals surface area contributed by atoms with E-state index < -0.39 is 0 Å². The van der Waals surface area contributed by atoms with Crippen LogP contribution in [-0.2, 0) is 0 Å². The lowest BCUT2D eigenvalue weighted by molar-refractivity contribution is 0.416. The lowest BCUT2D eigenvalue weighted by atomic mass is 10.1. The molecule has 3 aromatic carbocycles. The summed E-state index contributed by atoms with van der Waals surface area (Å²) in [6.07, 6.45) is 0. The largest absolute Gasteiger partial charge is 0.495 e. The van der Waals surface area contributed by atoms with Gasteiger partial charge in [0.15, 0.2) is 0 Å². The van der Waals surface area contributed by atoms with Gasteiger partial charge in [0.25, 0.3) is 0 Å². The number of para-hydroxylation sites is 2. The molecule has 24 heavy (non-hydrogen) atoms. The summed E-state index contributed by atoms with van der Waals surface area (Å²) in [5, 5.41) is 3.49. The summed E-state index contributed by atoms with van der Waals surface area (Å²) in [5.74, 6) is 7.39. The number of anilines is 1. The molecule has 0 spiro atoms. The highest BCUT2D eigenvalue weighted by Crippen LogP contribution is 2.27. The summed E-state index contributed by atoms with van der Waals surface area (Å²) >= 11 is 0. The molecule has 3 aromatic rings. The zero-order chi connectivity index (χ0) is 16.6. The molecule has 0 bridgehead atoms. The van der Waals surface area contributed by atoms with Crippen LogP contribution in [0.3, 0.4) is 0 Å². The van der Waals surface area contributed by atoms with Gasteiger partial charge in [0.1, 0.15) is 11.8 Å². The van der Waals surface area contributed by atoms with E-state index >= 15 is 0 Å². The van der Waals surface area contributed by atoms with E-state index in [1.807, 2.05) is 72.8 Å². The van der Waals surface area contributed by atoms with Gasteiger partial charge in [-0.25, -0.2) is 0 Å². The number of methoxy groups -OCH3 is 1. The van der Waals surface area contributed by atoms with Gasteiger partial charge >= 0.3 is 0 Å². The second-order valence-corrected chi connectivity index (χ2v) is 5.32. The van der Waals surface area contributed by atoms with Crippen LogP contribution in [0.25, 0.3) is 0 Å². The van der Waals surface area contributed by atoms with Crippen molar-refractivity contribution in [3.05, 3.63) is 96.1 Å². The molecule has 1 atom stereocenters. The third-order valence-corrected chi connectivity index (χ3v) is 3.67. The topological polar surface area (TPSA) is 21.3 Å². The summed E-state index contributed by atoms with van der Waals surface area (Å²) in [4.78, 5) is 0.